The van der Waals surface area contributed by atoms with Gasteiger partial charge in [-0.05, 0) is 18.3 Å². The Hall–Kier alpha value is -1.06. The Morgan fingerprint density at radius 2 is 1.79 bits per heavy atom. The van der Waals surface area contributed by atoms with Crippen LogP contribution in [0.3, 0.4) is 0 Å². The Morgan fingerprint density at radius 3 is 2.14 bits per heavy atom. The number of amides is 1. The quantitative estimate of drug-likeness (QED) is 0.669. The van der Waals surface area contributed by atoms with Gasteiger partial charge in [-0.2, -0.15) is 0 Å². The maximum Gasteiger partial charge on any atom is 0.316 e. The first-order valence-electron chi connectivity index (χ1n) is 4.99. The second kappa shape index (κ2) is 3.98. The second-order valence-electron chi connectivity index (χ2n) is 4.39. The predicted octanol–water partition coefficient (Wildman–Crippen LogP) is 1.14. The van der Waals surface area contributed by atoms with E-state index in [1.807, 2.05) is 6.92 Å². The summed E-state index contributed by atoms with van der Waals surface area (Å²) in [5.41, 5.74) is 4.70. The van der Waals surface area contributed by atoms with Crippen LogP contribution in [0.4, 0.5) is 0 Å². The van der Waals surface area contributed by atoms with Gasteiger partial charge >= 0.3 is 5.97 Å². The average molecular weight is 199 g/mol. The lowest BCUT2D eigenvalue weighted by Crippen LogP contribution is -2.43. The lowest BCUT2D eigenvalue weighted by atomic mass is 9.67. The van der Waals surface area contributed by atoms with Crippen LogP contribution in [0, 0.1) is 11.3 Å². The van der Waals surface area contributed by atoms with Gasteiger partial charge in [0.1, 0.15) is 5.92 Å². The number of hydrogen-bond acceptors (Lipinski definition) is 2. The molecule has 0 saturated heterocycles. The molecule has 80 valence electrons. The molecule has 0 heterocycles. The summed E-state index contributed by atoms with van der Waals surface area (Å²) in [4.78, 5) is 22.0. The summed E-state index contributed by atoms with van der Waals surface area (Å²) >= 11 is 0. The van der Waals surface area contributed by atoms with Gasteiger partial charge in [0.05, 0.1) is 0 Å². The first-order chi connectivity index (χ1) is 6.47. The van der Waals surface area contributed by atoms with Crippen LogP contribution in [0.2, 0.25) is 0 Å². The highest BCUT2D eigenvalue weighted by atomic mass is 16.4. The van der Waals surface area contributed by atoms with Gasteiger partial charge in [-0.3, -0.25) is 9.59 Å². The fourth-order valence-corrected chi connectivity index (χ4v) is 2.41. The molecule has 0 aromatic heterocycles. The van der Waals surface area contributed by atoms with E-state index in [0.717, 1.165) is 32.1 Å². The lowest BCUT2D eigenvalue weighted by Gasteiger charge is -2.36. The van der Waals surface area contributed by atoms with Gasteiger partial charge in [0.25, 0.3) is 0 Å². The van der Waals surface area contributed by atoms with Gasteiger partial charge in [-0.1, -0.05) is 26.2 Å². The van der Waals surface area contributed by atoms with E-state index in [1.165, 1.54) is 0 Å². The van der Waals surface area contributed by atoms with Crippen LogP contribution in [0.15, 0.2) is 0 Å². The Labute approximate surface area is 83.5 Å². The number of hydrogen-bond donors (Lipinski definition) is 2. The summed E-state index contributed by atoms with van der Waals surface area (Å²) < 4.78 is 0. The minimum absolute atomic E-state index is 0.435. The summed E-state index contributed by atoms with van der Waals surface area (Å²) in [7, 11) is 0. The molecule has 0 aromatic carbocycles. The highest BCUT2D eigenvalue weighted by Crippen LogP contribution is 2.42. The van der Waals surface area contributed by atoms with E-state index in [1.54, 1.807) is 0 Å². The fraction of sp³-hybridized carbons (Fsp3) is 0.800. The van der Waals surface area contributed by atoms with Crippen molar-refractivity contribution in [3.63, 3.8) is 0 Å². The minimum atomic E-state index is -1.08. The predicted molar refractivity (Wildman–Crippen MR) is 51.5 cm³/mol. The van der Waals surface area contributed by atoms with Crippen molar-refractivity contribution in [2.24, 2.45) is 17.1 Å². The van der Waals surface area contributed by atoms with Gasteiger partial charge in [0, 0.05) is 0 Å². The van der Waals surface area contributed by atoms with Crippen molar-refractivity contribution in [3.05, 3.63) is 0 Å². The molecule has 1 rings (SSSR count). The van der Waals surface area contributed by atoms with E-state index in [2.05, 4.69) is 0 Å². The summed E-state index contributed by atoms with van der Waals surface area (Å²) in [5, 5.41) is 8.96. The number of nitrogens with two attached hydrogens (primary N) is 1. The summed E-state index contributed by atoms with van der Waals surface area (Å²) in [5.74, 6) is -2.81. The molecule has 0 spiro atoms. The topological polar surface area (TPSA) is 80.4 Å². The third-order valence-corrected chi connectivity index (χ3v) is 3.22. The zero-order chi connectivity index (χ0) is 10.8. The molecule has 1 saturated carbocycles. The molecule has 4 nitrogen and oxygen atoms in total. The highest BCUT2D eigenvalue weighted by Gasteiger charge is 2.43. The number of carboxylic acids is 1. The number of aliphatic carboxylic acids is 1. The Balaban J connectivity index is 2.84. The molecule has 0 radical (unpaired) electrons. The number of carbonyl (C=O) groups is 2. The molecule has 1 aliphatic carbocycles. The Morgan fingerprint density at radius 1 is 1.29 bits per heavy atom. The van der Waals surface area contributed by atoms with Crippen molar-refractivity contribution < 1.29 is 14.7 Å². The number of primary amides is 1. The van der Waals surface area contributed by atoms with Crippen LogP contribution in [-0.2, 0) is 9.59 Å². The third kappa shape index (κ3) is 2.05. The van der Waals surface area contributed by atoms with Crippen molar-refractivity contribution in [1.82, 2.24) is 0 Å². The Bertz CT molecular complexity index is 230. The molecule has 14 heavy (non-hydrogen) atoms. The normalized spacial score (nSPS) is 22.6. The van der Waals surface area contributed by atoms with Crippen LogP contribution in [0.25, 0.3) is 0 Å². The van der Waals surface area contributed by atoms with Crippen LogP contribution in [0.1, 0.15) is 39.0 Å². The van der Waals surface area contributed by atoms with Gasteiger partial charge in [-0.25, -0.2) is 0 Å². The molecule has 3 N–H and O–H groups in total. The van der Waals surface area contributed by atoms with Gasteiger partial charge < -0.3 is 10.8 Å². The van der Waals surface area contributed by atoms with Gasteiger partial charge in [0.15, 0.2) is 0 Å². The van der Waals surface area contributed by atoms with E-state index in [9.17, 15) is 9.59 Å². The van der Waals surface area contributed by atoms with Crippen LogP contribution < -0.4 is 5.73 Å². The van der Waals surface area contributed by atoms with Gasteiger partial charge in [0.2, 0.25) is 5.91 Å². The van der Waals surface area contributed by atoms with E-state index in [-0.39, 0.29) is 0 Å². The second-order valence-corrected chi connectivity index (χ2v) is 4.39. The van der Waals surface area contributed by atoms with Crippen molar-refractivity contribution in [3.8, 4) is 0 Å². The Kier molecular flexibility index (Phi) is 3.13. The summed E-state index contributed by atoms with van der Waals surface area (Å²) in [6, 6.07) is 0. The van der Waals surface area contributed by atoms with E-state index in [0.29, 0.717) is 0 Å². The van der Waals surface area contributed by atoms with Crippen LogP contribution in [-0.4, -0.2) is 17.0 Å². The largest absolute Gasteiger partial charge is 0.481 e. The molecule has 0 aliphatic heterocycles. The summed E-state index contributed by atoms with van der Waals surface area (Å²) in [6.07, 6.45) is 4.68. The molecule has 1 atom stereocenters. The monoisotopic (exact) mass is 199 g/mol. The fourth-order valence-electron chi connectivity index (χ4n) is 2.41. The molecule has 1 unspecified atom stereocenters. The first-order valence-corrected chi connectivity index (χ1v) is 4.99. The maximum atomic E-state index is 11.1. The molecule has 1 amide bonds. The molecule has 0 aromatic rings. The zero-order valence-electron chi connectivity index (χ0n) is 8.45. The first kappa shape index (κ1) is 11.0. The molecule has 0 bridgehead atoms. The van der Waals surface area contributed by atoms with Crippen molar-refractivity contribution in [2.75, 3.05) is 0 Å². The molecule has 1 aliphatic rings. The molecular formula is C10H17NO3. The number of carbonyl (C=O) groups excluding carboxylic acids is 1. The standard InChI is InChI=1S/C10H17NO3/c1-10(5-3-2-4-6-10)7(8(11)12)9(13)14/h7H,2-6H2,1H3,(H2,11,12)(H,13,14). The van der Waals surface area contributed by atoms with Crippen molar-refractivity contribution in [2.45, 2.75) is 39.0 Å². The van der Waals surface area contributed by atoms with Crippen LogP contribution >= 0.6 is 0 Å². The van der Waals surface area contributed by atoms with E-state index >= 15 is 0 Å². The molecule has 1 fully saturated rings. The third-order valence-electron chi connectivity index (χ3n) is 3.22. The van der Waals surface area contributed by atoms with Crippen molar-refractivity contribution in [1.29, 1.82) is 0 Å². The highest BCUT2D eigenvalue weighted by molar-refractivity contribution is 5.96. The van der Waals surface area contributed by atoms with Gasteiger partial charge in [-0.15, -0.1) is 0 Å². The lowest BCUT2D eigenvalue weighted by molar-refractivity contribution is -0.152. The SMILES string of the molecule is CC1(C(C(N)=O)C(=O)O)CCCCC1. The number of rotatable bonds is 3. The van der Waals surface area contributed by atoms with E-state index < -0.39 is 23.2 Å². The zero-order valence-corrected chi connectivity index (χ0v) is 8.45. The maximum absolute atomic E-state index is 11.1. The van der Waals surface area contributed by atoms with Crippen molar-refractivity contribution >= 4 is 11.9 Å². The molecular weight excluding hydrogens is 182 g/mol. The summed E-state index contributed by atoms with van der Waals surface area (Å²) in [6.45, 7) is 1.86. The smallest absolute Gasteiger partial charge is 0.316 e. The van der Waals surface area contributed by atoms with Crippen LogP contribution in [0.5, 0.6) is 0 Å². The average Bonchev–Trinajstić information content (AvgIpc) is 2.02. The molecule has 4 heteroatoms. The minimum Gasteiger partial charge on any atom is -0.481 e. The van der Waals surface area contributed by atoms with E-state index in [4.69, 9.17) is 10.8 Å². The number of carboxylic acid groups (broad SMARTS) is 1.